The number of hydrogen-bond acceptors (Lipinski definition) is 6. The van der Waals surface area contributed by atoms with Crippen molar-refractivity contribution in [3.8, 4) is 0 Å². The van der Waals surface area contributed by atoms with Crippen LogP contribution < -0.4 is 5.32 Å². The summed E-state index contributed by atoms with van der Waals surface area (Å²) in [6.07, 6.45) is 6.29. The zero-order valence-corrected chi connectivity index (χ0v) is 21.3. The highest BCUT2D eigenvalue weighted by Gasteiger charge is 2.36. The van der Waals surface area contributed by atoms with Crippen molar-refractivity contribution in [1.29, 1.82) is 0 Å². The van der Waals surface area contributed by atoms with Crippen LogP contribution >= 0.6 is 0 Å². The average Bonchev–Trinajstić information content (AvgIpc) is 3.46. The van der Waals surface area contributed by atoms with Gasteiger partial charge in [0.15, 0.2) is 10.7 Å². The summed E-state index contributed by atoms with van der Waals surface area (Å²) in [5.74, 6) is 0.208. The lowest BCUT2D eigenvalue weighted by atomic mass is 9.99. The van der Waals surface area contributed by atoms with Gasteiger partial charge in [0.1, 0.15) is 11.5 Å². The zero-order chi connectivity index (χ0) is 25.2. The molecule has 1 amide bonds. The van der Waals surface area contributed by atoms with E-state index in [1.54, 1.807) is 31.4 Å². The van der Waals surface area contributed by atoms with Gasteiger partial charge in [-0.3, -0.25) is 4.79 Å². The number of furan rings is 1. The first kappa shape index (κ1) is 24.9. The van der Waals surface area contributed by atoms with Gasteiger partial charge in [-0.15, -0.1) is 0 Å². The molecule has 0 radical (unpaired) electrons. The van der Waals surface area contributed by atoms with Crippen molar-refractivity contribution in [1.82, 2.24) is 14.8 Å². The van der Waals surface area contributed by atoms with Crippen molar-refractivity contribution in [2.24, 2.45) is 5.92 Å². The van der Waals surface area contributed by atoms with Gasteiger partial charge < -0.3 is 14.3 Å². The highest BCUT2D eigenvalue weighted by atomic mass is 32.2. The standard InChI is InChI=1S/C26H31N3O5S/c1-17-13-18(2)23(19(3)14-17)9-10-24-25(20(4)28-34-24)35(31,32)29-11-5-7-21(16-29)26(30)27-15-22-8-6-12-33-22/h6,8-10,12-14,21H,5,7,11,15-16H2,1-4H3,(H,27,30). The summed E-state index contributed by atoms with van der Waals surface area (Å²) in [6, 6.07) is 7.70. The highest BCUT2D eigenvalue weighted by Crippen LogP contribution is 2.30. The molecule has 1 aromatic carbocycles. The molecule has 1 unspecified atom stereocenters. The molecule has 9 heteroatoms. The topological polar surface area (TPSA) is 106 Å². The van der Waals surface area contributed by atoms with Crippen molar-refractivity contribution in [3.63, 3.8) is 0 Å². The van der Waals surface area contributed by atoms with Crippen LogP contribution in [0.1, 0.15) is 52.3 Å². The van der Waals surface area contributed by atoms with E-state index < -0.39 is 15.9 Å². The third kappa shape index (κ3) is 5.41. The number of nitrogens with zero attached hydrogens (tertiary/aromatic N) is 2. The van der Waals surface area contributed by atoms with E-state index in [4.69, 9.17) is 8.94 Å². The number of sulfonamides is 1. The van der Waals surface area contributed by atoms with Crippen LogP contribution in [0.15, 0.2) is 44.4 Å². The van der Waals surface area contributed by atoms with Gasteiger partial charge in [-0.2, -0.15) is 4.31 Å². The smallest absolute Gasteiger partial charge is 0.248 e. The van der Waals surface area contributed by atoms with E-state index in [0.717, 1.165) is 16.7 Å². The molecule has 0 spiro atoms. The molecule has 0 saturated carbocycles. The van der Waals surface area contributed by atoms with Gasteiger partial charge >= 0.3 is 0 Å². The van der Waals surface area contributed by atoms with E-state index in [1.165, 1.54) is 9.87 Å². The molecule has 35 heavy (non-hydrogen) atoms. The van der Waals surface area contributed by atoms with Gasteiger partial charge in [-0.1, -0.05) is 28.9 Å². The highest BCUT2D eigenvalue weighted by molar-refractivity contribution is 7.89. The van der Waals surface area contributed by atoms with Crippen LogP contribution in [0.5, 0.6) is 0 Å². The molecule has 0 bridgehead atoms. The van der Waals surface area contributed by atoms with Crippen molar-refractivity contribution < 1.29 is 22.2 Å². The Bertz CT molecular complexity index is 1320. The summed E-state index contributed by atoms with van der Waals surface area (Å²) < 4.78 is 39.3. The van der Waals surface area contributed by atoms with E-state index in [0.29, 0.717) is 30.8 Å². The molecule has 1 fully saturated rings. The Morgan fingerprint density at radius 1 is 1.20 bits per heavy atom. The van der Waals surface area contributed by atoms with Crippen molar-refractivity contribution in [2.75, 3.05) is 13.1 Å². The normalized spacial score (nSPS) is 17.2. The Morgan fingerprint density at radius 2 is 1.94 bits per heavy atom. The summed E-state index contributed by atoms with van der Waals surface area (Å²) in [5.41, 5.74) is 4.67. The van der Waals surface area contributed by atoms with Gasteiger partial charge in [-0.25, -0.2) is 8.42 Å². The lowest BCUT2D eigenvalue weighted by molar-refractivity contribution is -0.126. The van der Waals surface area contributed by atoms with Crippen LogP contribution in [0.25, 0.3) is 12.2 Å². The van der Waals surface area contributed by atoms with Crippen LogP contribution in [0.2, 0.25) is 0 Å². The Hall–Kier alpha value is -3.17. The Balaban J connectivity index is 1.54. The Labute approximate surface area is 206 Å². The first-order valence-electron chi connectivity index (χ1n) is 11.7. The fourth-order valence-electron chi connectivity index (χ4n) is 4.65. The van der Waals surface area contributed by atoms with E-state index >= 15 is 0 Å². The molecule has 1 atom stereocenters. The number of hydrogen-bond donors (Lipinski definition) is 1. The molecule has 1 saturated heterocycles. The van der Waals surface area contributed by atoms with Gasteiger partial charge in [0.2, 0.25) is 15.9 Å². The fraction of sp³-hybridized carbons (Fsp3) is 0.385. The second-order valence-electron chi connectivity index (χ2n) is 9.11. The first-order valence-corrected chi connectivity index (χ1v) is 13.1. The largest absolute Gasteiger partial charge is 0.467 e. The molecular weight excluding hydrogens is 466 g/mol. The molecule has 1 N–H and O–H groups in total. The van der Waals surface area contributed by atoms with Crippen molar-refractivity contribution >= 4 is 28.1 Å². The van der Waals surface area contributed by atoms with E-state index in [9.17, 15) is 13.2 Å². The molecule has 4 rings (SSSR count). The van der Waals surface area contributed by atoms with E-state index in [-0.39, 0.29) is 29.7 Å². The second kappa shape index (κ2) is 10.2. The van der Waals surface area contributed by atoms with Crippen LogP contribution in [0.4, 0.5) is 0 Å². The Kier molecular flexibility index (Phi) is 7.28. The third-order valence-corrected chi connectivity index (χ3v) is 8.37. The maximum atomic E-state index is 13.6. The minimum atomic E-state index is -3.91. The number of nitrogens with one attached hydrogen (secondary N) is 1. The molecule has 0 aliphatic carbocycles. The zero-order valence-electron chi connectivity index (χ0n) is 20.5. The van der Waals surface area contributed by atoms with E-state index in [1.807, 2.05) is 26.8 Å². The van der Waals surface area contributed by atoms with Crippen LogP contribution in [-0.4, -0.2) is 36.9 Å². The van der Waals surface area contributed by atoms with Crippen molar-refractivity contribution in [2.45, 2.75) is 52.0 Å². The molecular formula is C26H31N3O5S. The number of benzene rings is 1. The summed E-state index contributed by atoms with van der Waals surface area (Å²) in [5, 5.41) is 6.78. The van der Waals surface area contributed by atoms with Crippen LogP contribution in [0, 0.1) is 33.6 Å². The summed E-state index contributed by atoms with van der Waals surface area (Å²) in [4.78, 5) is 12.8. The SMILES string of the molecule is Cc1cc(C)c(C=Cc2onc(C)c2S(=O)(=O)N2CCCC(C(=O)NCc3ccco3)C2)c(C)c1. The predicted molar refractivity (Wildman–Crippen MR) is 133 cm³/mol. The maximum absolute atomic E-state index is 13.6. The minimum absolute atomic E-state index is 0.0489. The number of piperidine rings is 1. The maximum Gasteiger partial charge on any atom is 0.248 e. The molecule has 186 valence electrons. The molecule has 1 aliphatic rings. The van der Waals surface area contributed by atoms with E-state index in [2.05, 4.69) is 22.6 Å². The van der Waals surface area contributed by atoms with Gasteiger partial charge in [-0.05, 0) is 75.4 Å². The van der Waals surface area contributed by atoms with Crippen LogP contribution in [-0.2, 0) is 21.4 Å². The molecule has 8 nitrogen and oxygen atoms in total. The lowest BCUT2D eigenvalue weighted by Crippen LogP contribution is -2.45. The summed E-state index contributed by atoms with van der Waals surface area (Å²) in [7, 11) is -3.91. The fourth-order valence-corrected chi connectivity index (χ4v) is 6.42. The molecule has 1 aliphatic heterocycles. The quantitative estimate of drug-likeness (QED) is 0.519. The number of aromatic nitrogens is 1. The number of carbonyl (C=O) groups is 1. The first-order chi connectivity index (χ1) is 16.7. The molecule has 3 heterocycles. The molecule has 2 aromatic heterocycles. The minimum Gasteiger partial charge on any atom is -0.467 e. The average molecular weight is 498 g/mol. The number of rotatable bonds is 7. The van der Waals surface area contributed by atoms with Gasteiger partial charge in [0.25, 0.3) is 0 Å². The number of aryl methyl sites for hydroxylation is 4. The lowest BCUT2D eigenvalue weighted by Gasteiger charge is -2.31. The second-order valence-corrected chi connectivity index (χ2v) is 11.0. The van der Waals surface area contributed by atoms with Crippen molar-refractivity contribution in [3.05, 3.63) is 70.0 Å². The van der Waals surface area contributed by atoms with Crippen LogP contribution in [0.3, 0.4) is 0 Å². The third-order valence-electron chi connectivity index (χ3n) is 6.34. The summed E-state index contributed by atoms with van der Waals surface area (Å²) in [6.45, 7) is 8.42. The Morgan fingerprint density at radius 3 is 2.63 bits per heavy atom. The monoisotopic (exact) mass is 497 g/mol. The number of amides is 1. The molecule has 3 aromatic rings. The van der Waals surface area contributed by atoms with Gasteiger partial charge in [0.05, 0.1) is 18.7 Å². The summed E-state index contributed by atoms with van der Waals surface area (Å²) >= 11 is 0. The van der Waals surface area contributed by atoms with Gasteiger partial charge in [0, 0.05) is 13.1 Å². The predicted octanol–water partition coefficient (Wildman–Crippen LogP) is 4.39. The number of carbonyl (C=O) groups excluding carboxylic acids is 1.